The van der Waals surface area contributed by atoms with Gasteiger partial charge in [0.05, 0.1) is 12.5 Å². The van der Waals surface area contributed by atoms with Gasteiger partial charge in [-0.1, -0.05) is 0 Å². The molecule has 5 nitrogen and oxygen atoms in total. The zero-order valence-corrected chi connectivity index (χ0v) is 12.5. The molecule has 0 aromatic carbocycles. The van der Waals surface area contributed by atoms with E-state index in [-0.39, 0.29) is 5.91 Å². The van der Waals surface area contributed by atoms with Crippen molar-refractivity contribution in [3.05, 3.63) is 30.1 Å². The molecule has 21 heavy (non-hydrogen) atoms. The third-order valence-corrected chi connectivity index (χ3v) is 3.83. The Morgan fingerprint density at radius 2 is 2.00 bits per heavy atom. The molecule has 1 aliphatic carbocycles. The molecule has 1 saturated carbocycles. The van der Waals surface area contributed by atoms with Gasteiger partial charge in [0.15, 0.2) is 0 Å². The van der Waals surface area contributed by atoms with Crippen LogP contribution in [0, 0.1) is 0 Å². The van der Waals surface area contributed by atoms with Gasteiger partial charge in [-0.3, -0.25) is 9.78 Å². The molecule has 3 N–H and O–H groups in total. The Labute approximate surface area is 126 Å². The van der Waals surface area contributed by atoms with Crippen LogP contribution in [-0.2, 0) is 16.0 Å². The fourth-order valence-corrected chi connectivity index (χ4v) is 2.55. The highest BCUT2D eigenvalue weighted by atomic mass is 16.5. The van der Waals surface area contributed by atoms with E-state index in [2.05, 4.69) is 10.3 Å². The molecular formula is C16H25N3O2. The van der Waals surface area contributed by atoms with E-state index in [1.165, 1.54) is 0 Å². The van der Waals surface area contributed by atoms with E-state index in [4.69, 9.17) is 10.5 Å². The topological polar surface area (TPSA) is 77.2 Å². The van der Waals surface area contributed by atoms with Crippen LogP contribution < -0.4 is 11.1 Å². The smallest absolute Gasteiger partial charge is 0.224 e. The van der Waals surface area contributed by atoms with Crippen molar-refractivity contribution in [2.75, 3.05) is 13.2 Å². The molecule has 116 valence electrons. The van der Waals surface area contributed by atoms with Gasteiger partial charge in [-0.15, -0.1) is 0 Å². The van der Waals surface area contributed by atoms with E-state index in [0.717, 1.165) is 37.7 Å². The minimum atomic E-state index is 0.0461. The van der Waals surface area contributed by atoms with Gasteiger partial charge in [0, 0.05) is 31.6 Å². The minimum absolute atomic E-state index is 0.0461. The molecule has 1 aromatic rings. The molecule has 5 heteroatoms. The largest absolute Gasteiger partial charge is 0.378 e. The molecule has 0 atom stereocenters. The van der Waals surface area contributed by atoms with E-state index in [1.54, 1.807) is 12.4 Å². The van der Waals surface area contributed by atoms with Crippen molar-refractivity contribution >= 4 is 5.91 Å². The highest BCUT2D eigenvalue weighted by Crippen LogP contribution is 2.19. The molecule has 1 fully saturated rings. The number of ether oxygens (including phenoxy) is 1. The summed E-state index contributed by atoms with van der Waals surface area (Å²) in [6.07, 6.45) is 9.27. The molecule has 0 bridgehead atoms. The fraction of sp³-hybridized carbons (Fsp3) is 0.625. The van der Waals surface area contributed by atoms with Crippen LogP contribution in [0.15, 0.2) is 24.5 Å². The van der Waals surface area contributed by atoms with Gasteiger partial charge >= 0.3 is 0 Å². The Balaban J connectivity index is 1.50. The maximum Gasteiger partial charge on any atom is 0.224 e. The van der Waals surface area contributed by atoms with Gasteiger partial charge in [0.1, 0.15) is 0 Å². The van der Waals surface area contributed by atoms with Crippen LogP contribution in [0.25, 0.3) is 0 Å². The summed E-state index contributed by atoms with van der Waals surface area (Å²) in [5.74, 6) is 0.0461. The highest BCUT2D eigenvalue weighted by Gasteiger charge is 2.18. The molecular weight excluding hydrogens is 266 g/mol. The standard InChI is InChI=1S/C16H25N3O2/c17-14-2-4-15(5-3-14)21-11-1-8-19-16(20)12-13-6-9-18-10-7-13/h6-7,9-10,14-15H,1-5,8,11-12,17H2,(H,19,20). The van der Waals surface area contributed by atoms with Crippen LogP contribution in [0.4, 0.5) is 0 Å². The van der Waals surface area contributed by atoms with Gasteiger partial charge in [-0.2, -0.15) is 0 Å². The molecule has 1 aromatic heterocycles. The third kappa shape index (κ3) is 6.23. The molecule has 1 amide bonds. The van der Waals surface area contributed by atoms with Gasteiger partial charge in [0.2, 0.25) is 5.91 Å². The first-order valence-corrected chi connectivity index (χ1v) is 7.77. The van der Waals surface area contributed by atoms with Gasteiger partial charge < -0.3 is 15.8 Å². The molecule has 0 spiro atoms. The van der Waals surface area contributed by atoms with Crippen molar-refractivity contribution < 1.29 is 9.53 Å². The van der Waals surface area contributed by atoms with Gasteiger partial charge in [0.25, 0.3) is 0 Å². The number of carbonyl (C=O) groups excluding carboxylic acids is 1. The first kappa shape index (κ1) is 15.9. The van der Waals surface area contributed by atoms with E-state index in [9.17, 15) is 4.79 Å². The van der Waals surface area contributed by atoms with Crippen LogP contribution in [-0.4, -0.2) is 36.2 Å². The van der Waals surface area contributed by atoms with E-state index in [1.807, 2.05) is 12.1 Å². The number of rotatable bonds is 7. The second-order valence-corrected chi connectivity index (χ2v) is 5.64. The molecule has 1 heterocycles. The lowest BCUT2D eigenvalue weighted by Crippen LogP contribution is -2.31. The average Bonchev–Trinajstić information content (AvgIpc) is 2.50. The van der Waals surface area contributed by atoms with Crippen LogP contribution >= 0.6 is 0 Å². The first-order valence-electron chi connectivity index (χ1n) is 7.77. The lowest BCUT2D eigenvalue weighted by atomic mass is 9.94. The van der Waals surface area contributed by atoms with Gasteiger partial charge in [-0.25, -0.2) is 0 Å². The third-order valence-electron chi connectivity index (χ3n) is 3.83. The summed E-state index contributed by atoms with van der Waals surface area (Å²) in [5.41, 5.74) is 6.85. The second-order valence-electron chi connectivity index (χ2n) is 5.64. The summed E-state index contributed by atoms with van der Waals surface area (Å²) in [4.78, 5) is 15.7. The number of nitrogens with one attached hydrogen (secondary N) is 1. The lowest BCUT2D eigenvalue weighted by Gasteiger charge is -2.26. The zero-order valence-electron chi connectivity index (χ0n) is 12.5. The monoisotopic (exact) mass is 291 g/mol. The number of hydrogen-bond acceptors (Lipinski definition) is 4. The van der Waals surface area contributed by atoms with Crippen molar-refractivity contribution in [2.45, 2.75) is 50.7 Å². The van der Waals surface area contributed by atoms with Gasteiger partial charge in [-0.05, 0) is 49.8 Å². The first-order chi connectivity index (χ1) is 10.2. The number of hydrogen-bond donors (Lipinski definition) is 2. The number of carbonyl (C=O) groups is 1. The minimum Gasteiger partial charge on any atom is -0.378 e. The highest BCUT2D eigenvalue weighted by molar-refractivity contribution is 5.78. The Bertz CT molecular complexity index is 417. The number of amides is 1. The summed E-state index contributed by atoms with van der Waals surface area (Å²) in [6, 6.07) is 4.07. The SMILES string of the molecule is NC1CCC(OCCCNC(=O)Cc2ccncc2)CC1. The Morgan fingerprint density at radius 1 is 1.29 bits per heavy atom. The predicted molar refractivity (Wildman–Crippen MR) is 81.8 cm³/mol. The Morgan fingerprint density at radius 3 is 2.71 bits per heavy atom. The van der Waals surface area contributed by atoms with Crippen LogP contribution in [0.5, 0.6) is 0 Å². The normalized spacial score (nSPS) is 22.0. The van der Waals surface area contributed by atoms with E-state index in [0.29, 0.717) is 31.7 Å². The van der Waals surface area contributed by atoms with Crippen molar-refractivity contribution in [2.24, 2.45) is 5.73 Å². The molecule has 0 radical (unpaired) electrons. The molecule has 1 aliphatic rings. The Hall–Kier alpha value is -1.46. The number of pyridine rings is 1. The molecule has 0 aliphatic heterocycles. The van der Waals surface area contributed by atoms with Crippen LogP contribution in [0.1, 0.15) is 37.7 Å². The second kappa shape index (κ2) is 8.74. The van der Waals surface area contributed by atoms with E-state index < -0.39 is 0 Å². The fourth-order valence-electron chi connectivity index (χ4n) is 2.55. The molecule has 0 unspecified atom stereocenters. The van der Waals surface area contributed by atoms with Crippen LogP contribution in [0.3, 0.4) is 0 Å². The van der Waals surface area contributed by atoms with Crippen LogP contribution in [0.2, 0.25) is 0 Å². The maximum atomic E-state index is 11.7. The van der Waals surface area contributed by atoms with Crippen molar-refractivity contribution in [3.8, 4) is 0 Å². The van der Waals surface area contributed by atoms with E-state index >= 15 is 0 Å². The van der Waals surface area contributed by atoms with Crippen molar-refractivity contribution in [3.63, 3.8) is 0 Å². The predicted octanol–water partition coefficient (Wildman–Crippen LogP) is 1.42. The summed E-state index contributed by atoms with van der Waals surface area (Å²) < 4.78 is 5.82. The lowest BCUT2D eigenvalue weighted by molar-refractivity contribution is -0.120. The number of aromatic nitrogens is 1. The summed E-state index contributed by atoms with van der Waals surface area (Å²) >= 11 is 0. The zero-order chi connectivity index (χ0) is 14.9. The quantitative estimate of drug-likeness (QED) is 0.745. The average molecular weight is 291 g/mol. The summed E-state index contributed by atoms with van der Waals surface area (Å²) in [7, 11) is 0. The molecule has 0 saturated heterocycles. The summed E-state index contributed by atoms with van der Waals surface area (Å²) in [5, 5.41) is 2.92. The Kier molecular flexibility index (Phi) is 6.63. The maximum absolute atomic E-state index is 11.7. The summed E-state index contributed by atoms with van der Waals surface area (Å²) in [6.45, 7) is 1.37. The van der Waals surface area contributed by atoms with Crippen molar-refractivity contribution in [1.29, 1.82) is 0 Å². The number of nitrogens with two attached hydrogens (primary N) is 1. The molecule has 2 rings (SSSR count). The van der Waals surface area contributed by atoms with Crippen molar-refractivity contribution in [1.82, 2.24) is 10.3 Å². The number of nitrogens with zero attached hydrogens (tertiary/aromatic N) is 1.